The van der Waals surface area contributed by atoms with Gasteiger partial charge in [0.1, 0.15) is 5.69 Å². The fraction of sp³-hybridized carbons (Fsp3) is 0.143. The van der Waals surface area contributed by atoms with Crippen molar-refractivity contribution >= 4 is 12.0 Å². The third kappa shape index (κ3) is 1.29. The number of nitrogens with zero attached hydrogens (tertiary/aromatic N) is 1. The number of ether oxygens (including phenoxy) is 1. The van der Waals surface area contributed by atoms with Crippen LogP contribution in [0.25, 0.3) is 0 Å². The molecule has 1 aromatic heterocycles. The Bertz CT molecular complexity index is 316. The summed E-state index contributed by atoms with van der Waals surface area (Å²) >= 11 is 0. The maximum absolute atomic E-state index is 10.9. The lowest BCUT2D eigenvalue weighted by atomic mass is 10.4. The summed E-state index contributed by atoms with van der Waals surface area (Å²) < 4.78 is 5.44. The molecule has 12 heavy (non-hydrogen) atoms. The molecule has 1 rings (SSSR count). The van der Waals surface area contributed by atoms with E-state index in [0.29, 0.717) is 0 Å². The van der Waals surface area contributed by atoms with Crippen molar-refractivity contribution in [1.82, 2.24) is 4.57 Å². The summed E-state index contributed by atoms with van der Waals surface area (Å²) in [6.45, 7) is 0. The summed E-state index contributed by atoms with van der Waals surface area (Å²) in [5, 5.41) is 0. The van der Waals surface area contributed by atoms with Crippen molar-refractivity contribution in [3.8, 4) is 0 Å². The van der Waals surface area contributed by atoms with Gasteiger partial charge in [0.2, 0.25) is 0 Å². The topological polar surface area (TPSA) is 74.3 Å². The zero-order valence-electron chi connectivity index (χ0n) is 6.48. The van der Waals surface area contributed by atoms with Gasteiger partial charge in [0, 0.05) is 6.20 Å². The summed E-state index contributed by atoms with van der Waals surface area (Å²) in [6, 6.07) is 2.29. The van der Waals surface area contributed by atoms with E-state index < -0.39 is 12.0 Å². The van der Waals surface area contributed by atoms with Crippen molar-refractivity contribution in [2.75, 3.05) is 7.11 Å². The van der Waals surface area contributed by atoms with E-state index in [2.05, 4.69) is 4.74 Å². The molecule has 0 aliphatic carbocycles. The van der Waals surface area contributed by atoms with Crippen LogP contribution < -0.4 is 5.73 Å². The number of aromatic nitrogens is 1. The number of carbonyl (C=O) groups excluding carboxylic acids is 2. The average Bonchev–Trinajstić information content (AvgIpc) is 2.50. The predicted molar refractivity (Wildman–Crippen MR) is 40.8 cm³/mol. The second-order valence-corrected chi connectivity index (χ2v) is 2.09. The van der Waals surface area contributed by atoms with Crippen LogP contribution in [-0.2, 0) is 4.74 Å². The number of rotatable bonds is 1. The van der Waals surface area contributed by atoms with Crippen LogP contribution in [0.2, 0.25) is 0 Å². The molecule has 5 nitrogen and oxygen atoms in total. The monoisotopic (exact) mass is 168 g/mol. The van der Waals surface area contributed by atoms with Gasteiger partial charge < -0.3 is 10.5 Å². The van der Waals surface area contributed by atoms with Crippen LogP contribution in [0, 0.1) is 0 Å². The highest BCUT2D eigenvalue weighted by atomic mass is 16.5. The number of nitrogens with two attached hydrogens (primary N) is 1. The Kier molecular flexibility index (Phi) is 2.14. The van der Waals surface area contributed by atoms with Gasteiger partial charge in [0.05, 0.1) is 7.11 Å². The Morgan fingerprint density at radius 3 is 2.75 bits per heavy atom. The van der Waals surface area contributed by atoms with Crippen LogP contribution in [0.15, 0.2) is 18.3 Å². The Morgan fingerprint density at radius 2 is 2.25 bits per heavy atom. The van der Waals surface area contributed by atoms with E-state index in [1.54, 1.807) is 0 Å². The smallest absolute Gasteiger partial charge is 0.355 e. The molecule has 0 aliphatic rings. The SMILES string of the molecule is COC(=O)c1cccn1C(N)=O. The van der Waals surface area contributed by atoms with Crippen LogP contribution >= 0.6 is 0 Å². The number of methoxy groups -OCH3 is 1. The van der Waals surface area contributed by atoms with E-state index in [4.69, 9.17) is 5.73 Å². The molecule has 0 atom stereocenters. The predicted octanol–water partition coefficient (Wildman–Crippen LogP) is 0.202. The molecule has 0 saturated heterocycles. The van der Waals surface area contributed by atoms with Crippen LogP contribution in [0.5, 0.6) is 0 Å². The molecule has 0 saturated carbocycles. The third-order valence-corrected chi connectivity index (χ3v) is 1.38. The highest BCUT2D eigenvalue weighted by molar-refractivity contribution is 5.92. The lowest BCUT2D eigenvalue weighted by molar-refractivity contribution is 0.0590. The van der Waals surface area contributed by atoms with Crippen molar-refractivity contribution in [2.24, 2.45) is 5.73 Å². The highest BCUT2D eigenvalue weighted by Gasteiger charge is 2.12. The molecule has 0 aromatic carbocycles. The molecule has 1 aromatic rings. The molecule has 0 fully saturated rings. The van der Waals surface area contributed by atoms with Gasteiger partial charge in [-0.05, 0) is 12.1 Å². The number of hydrogen-bond acceptors (Lipinski definition) is 3. The third-order valence-electron chi connectivity index (χ3n) is 1.38. The minimum absolute atomic E-state index is 0.130. The Hall–Kier alpha value is -1.78. The fourth-order valence-electron chi connectivity index (χ4n) is 0.844. The number of esters is 1. The summed E-state index contributed by atoms with van der Waals surface area (Å²) in [5.41, 5.74) is 5.10. The fourth-order valence-corrected chi connectivity index (χ4v) is 0.844. The maximum Gasteiger partial charge on any atom is 0.355 e. The van der Waals surface area contributed by atoms with Gasteiger partial charge >= 0.3 is 12.0 Å². The standard InChI is InChI=1S/C7H8N2O3/c1-12-6(10)5-3-2-4-9(5)7(8)11/h2-4H,1H3,(H2,8,11). The van der Waals surface area contributed by atoms with Crippen LogP contribution in [0.3, 0.4) is 0 Å². The van der Waals surface area contributed by atoms with Gasteiger partial charge in [-0.2, -0.15) is 0 Å². The first-order chi connectivity index (χ1) is 5.66. The highest BCUT2D eigenvalue weighted by Crippen LogP contribution is 2.02. The Labute approximate surface area is 68.7 Å². The molecule has 0 spiro atoms. The number of carbonyl (C=O) groups is 2. The molecule has 2 N–H and O–H groups in total. The first-order valence-corrected chi connectivity index (χ1v) is 3.22. The van der Waals surface area contributed by atoms with E-state index in [1.165, 1.54) is 25.4 Å². The molecular formula is C7H8N2O3. The molecule has 1 amide bonds. The normalized spacial score (nSPS) is 9.42. The van der Waals surface area contributed by atoms with Gasteiger partial charge in [0.15, 0.2) is 0 Å². The quantitative estimate of drug-likeness (QED) is 0.608. The summed E-state index contributed by atoms with van der Waals surface area (Å²) in [6.07, 6.45) is 1.40. The average molecular weight is 168 g/mol. The number of hydrogen-bond donors (Lipinski definition) is 1. The van der Waals surface area contributed by atoms with Crippen molar-refractivity contribution in [1.29, 1.82) is 0 Å². The molecule has 0 unspecified atom stereocenters. The van der Waals surface area contributed by atoms with E-state index in [1.807, 2.05) is 0 Å². The Balaban J connectivity index is 3.07. The number of amides is 1. The van der Waals surface area contributed by atoms with Gasteiger partial charge in [-0.3, -0.25) is 4.57 Å². The van der Waals surface area contributed by atoms with Crippen molar-refractivity contribution < 1.29 is 14.3 Å². The van der Waals surface area contributed by atoms with E-state index >= 15 is 0 Å². The van der Waals surface area contributed by atoms with Gasteiger partial charge in [0.25, 0.3) is 0 Å². The van der Waals surface area contributed by atoms with E-state index in [-0.39, 0.29) is 5.69 Å². The number of primary amides is 1. The zero-order valence-corrected chi connectivity index (χ0v) is 6.48. The largest absolute Gasteiger partial charge is 0.464 e. The van der Waals surface area contributed by atoms with E-state index in [9.17, 15) is 9.59 Å². The summed E-state index contributed by atoms with van der Waals surface area (Å²) in [5.74, 6) is -0.584. The minimum atomic E-state index is -0.708. The zero-order chi connectivity index (χ0) is 9.14. The first kappa shape index (κ1) is 8.32. The summed E-state index contributed by atoms with van der Waals surface area (Å²) in [4.78, 5) is 21.6. The second-order valence-electron chi connectivity index (χ2n) is 2.09. The van der Waals surface area contributed by atoms with Crippen molar-refractivity contribution in [3.05, 3.63) is 24.0 Å². The Morgan fingerprint density at radius 1 is 1.58 bits per heavy atom. The molecule has 0 aliphatic heterocycles. The molecule has 1 heterocycles. The molecule has 64 valence electrons. The maximum atomic E-state index is 10.9. The van der Waals surface area contributed by atoms with Crippen LogP contribution in [0.1, 0.15) is 10.5 Å². The lowest BCUT2D eigenvalue weighted by Crippen LogP contribution is -2.23. The van der Waals surface area contributed by atoms with Crippen molar-refractivity contribution in [3.63, 3.8) is 0 Å². The van der Waals surface area contributed by atoms with Gasteiger partial charge in [-0.25, -0.2) is 9.59 Å². The molecule has 0 radical (unpaired) electrons. The summed E-state index contributed by atoms with van der Waals surface area (Å²) in [7, 11) is 1.24. The molecular weight excluding hydrogens is 160 g/mol. The van der Waals surface area contributed by atoms with Crippen molar-refractivity contribution in [2.45, 2.75) is 0 Å². The van der Waals surface area contributed by atoms with Crippen LogP contribution in [-0.4, -0.2) is 23.7 Å². The van der Waals surface area contributed by atoms with E-state index in [0.717, 1.165) is 4.57 Å². The second kappa shape index (κ2) is 3.08. The van der Waals surface area contributed by atoms with Gasteiger partial charge in [-0.1, -0.05) is 0 Å². The van der Waals surface area contributed by atoms with Gasteiger partial charge in [-0.15, -0.1) is 0 Å². The lowest BCUT2D eigenvalue weighted by Gasteiger charge is -2.01. The van der Waals surface area contributed by atoms with Crippen LogP contribution in [0.4, 0.5) is 4.79 Å². The first-order valence-electron chi connectivity index (χ1n) is 3.22. The molecule has 5 heteroatoms. The molecule has 0 bridgehead atoms. The minimum Gasteiger partial charge on any atom is -0.464 e.